The van der Waals surface area contributed by atoms with Crippen molar-refractivity contribution < 1.29 is 28.6 Å². The second-order valence-corrected chi connectivity index (χ2v) is 11.2. The molecule has 0 radical (unpaired) electrons. The molecule has 1 aromatic carbocycles. The zero-order chi connectivity index (χ0) is 29.1. The van der Waals surface area contributed by atoms with Gasteiger partial charge < -0.3 is 18.6 Å². The van der Waals surface area contributed by atoms with Gasteiger partial charge in [-0.2, -0.15) is 4.90 Å². The minimum atomic E-state index is -0.952. The van der Waals surface area contributed by atoms with Crippen molar-refractivity contribution in [2.45, 2.75) is 73.0 Å². The number of aromatic nitrogens is 2. The number of pyridine rings is 1. The Labute approximate surface area is 229 Å². The van der Waals surface area contributed by atoms with Crippen LogP contribution >= 0.6 is 0 Å². The molecule has 9 nitrogen and oxygen atoms in total. The first-order chi connectivity index (χ1) is 18.1. The van der Waals surface area contributed by atoms with E-state index in [4.69, 9.17) is 14.2 Å². The van der Waals surface area contributed by atoms with Gasteiger partial charge in [0.05, 0.1) is 18.4 Å². The number of hydrogen-bond acceptors (Lipinski definition) is 7. The van der Waals surface area contributed by atoms with E-state index in [1.807, 2.05) is 56.3 Å². The maximum Gasteiger partial charge on any atom is 0.424 e. The smallest absolute Gasteiger partial charge is 0.424 e. The molecular formula is C30H37N3O6. The SMILES string of the molecule is COC(=O)c1cn2c(C)c(C)nc2c(N(C(=O)OC(C)(C)C)C(=O)OC(C)(C)C)c1C/C=C/c1ccccc1. The van der Waals surface area contributed by atoms with Crippen LogP contribution in [0.5, 0.6) is 0 Å². The lowest BCUT2D eigenvalue weighted by atomic mass is 10.0. The van der Waals surface area contributed by atoms with Gasteiger partial charge in [-0.1, -0.05) is 42.5 Å². The lowest BCUT2D eigenvalue weighted by Crippen LogP contribution is -2.44. The van der Waals surface area contributed by atoms with Crippen molar-refractivity contribution in [3.05, 3.63) is 70.7 Å². The Kier molecular flexibility index (Phi) is 8.53. The molecule has 0 saturated heterocycles. The number of allylic oxidation sites excluding steroid dienone is 1. The Morgan fingerprint density at radius 1 is 0.949 bits per heavy atom. The van der Waals surface area contributed by atoms with E-state index in [1.165, 1.54) is 7.11 Å². The minimum Gasteiger partial charge on any atom is -0.465 e. The van der Waals surface area contributed by atoms with E-state index in [1.54, 1.807) is 52.1 Å². The fraction of sp³-hybridized carbons (Fsp3) is 0.400. The fourth-order valence-electron chi connectivity index (χ4n) is 3.90. The summed E-state index contributed by atoms with van der Waals surface area (Å²) >= 11 is 0. The normalized spacial score (nSPS) is 12.0. The second kappa shape index (κ2) is 11.3. The number of carbonyl (C=O) groups excluding carboxylic acids is 3. The van der Waals surface area contributed by atoms with Crippen molar-refractivity contribution in [1.82, 2.24) is 9.38 Å². The molecule has 2 heterocycles. The molecular weight excluding hydrogens is 498 g/mol. The summed E-state index contributed by atoms with van der Waals surface area (Å²) < 4.78 is 18.1. The summed E-state index contributed by atoms with van der Waals surface area (Å²) in [6.45, 7) is 13.8. The average molecular weight is 536 g/mol. The van der Waals surface area contributed by atoms with Gasteiger partial charge in [-0.05, 0) is 67.4 Å². The van der Waals surface area contributed by atoms with E-state index in [-0.39, 0.29) is 17.7 Å². The number of rotatable bonds is 5. The van der Waals surface area contributed by atoms with Gasteiger partial charge in [-0.25, -0.2) is 19.4 Å². The zero-order valence-corrected chi connectivity index (χ0v) is 24.1. The molecule has 2 aromatic heterocycles. The number of hydrogen-bond donors (Lipinski definition) is 0. The highest BCUT2D eigenvalue weighted by Crippen LogP contribution is 2.34. The van der Waals surface area contributed by atoms with Crippen LogP contribution in [0, 0.1) is 13.8 Å². The van der Waals surface area contributed by atoms with Crippen molar-refractivity contribution in [2.24, 2.45) is 0 Å². The van der Waals surface area contributed by atoms with Gasteiger partial charge in [-0.3, -0.25) is 0 Å². The number of aryl methyl sites for hydroxylation is 2. The lowest BCUT2D eigenvalue weighted by molar-refractivity contribution is 0.0428. The van der Waals surface area contributed by atoms with Crippen LogP contribution in [0.4, 0.5) is 15.3 Å². The summed E-state index contributed by atoms with van der Waals surface area (Å²) in [5, 5.41) is 0. The van der Waals surface area contributed by atoms with Gasteiger partial charge in [0.2, 0.25) is 0 Å². The summed E-state index contributed by atoms with van der Waals surface area (Å²) in [6, 6.07) is 9.63. The highest BCUT2D eigenvalue weighted by molar-refractivity contribution is 6.14. The fourth-order valence-corrected chi connectivity index (χ4v) is 3.90. The highest BCUT2D eigenvalue weighted by Gasteiger charge is 2.37. The van der Waals surface area contributed by atoms with Crippen LogP contribution < -0.4 is 4.90 Å². The Hall–Kier alpha value is -4.14. The van der Waals surface area contributed by atoms with E-state index in [0.29, 0.717) is 16.9 Å². The van der Waals surface area contributed by atoms with Gasteiger partial charge in [0.1, 0.15) is 16.9 Å². The van der Waals surface area contributed by atoms with Gasteiger partial charge >= 0.3 is 18.2 Å². The van der Waals surface area contributed by atoms with Crippen molar-refractivity contribution in [1.29, 1.82) is 0 Å². The standard InChI is InChI=1S/C30H37N3O6/c1-19-20(2)32-18-23(26(34)37-9)22(17-13-16-21-14-11-10-12-15-21)24(25(32)31-19)33(27(35)38-29(3,4)5)28(36)39-30(6,7)8/h10-16,18H,17H2,1-9H3/b16-13+. The number of benzene rings is 1. The maximum absolute atomic E-state index is 13.7. The van der Waals surface area contributed by atoms with E-state index >= 15 is 0 Å². The molecule has 9 heteroatoms. The molecule has 208 valence electrons. The molecule has 0 bridgehead atoms. The number of imide groups is 1. The summed E-state index contributed by atoms with van der Waals surface area (Å²) in [4.78, 5) is 45.9. The Morgan fingerprint density at radius 2 is 1.51 bits per heavy atom. The molecule has 0 aliphatic carbocycles. The van der Waals surface area contributed by atoms with E-state index in [0.717, 1.165) is 16.2 Å². The summed E-state index contributed by atoms with van der Waals surface area (Å²) in [6.07, 6.45) is 3.64. The third-order valence-electron chi connectivity index (χ3n) is 5.68. The number of carbonyl (C=O) groups is 3. The predicted molar refractivity (Wildman–Crippen MR) is 150 cm³/mol. The number of methoxy groups -OCH3 is 1. The quantitative estimate of drug-likeness (QED) is 0.266. The van der Waals surface area contributed by atoms with Gasteiger partial charge in [0.25, 0.3) is 0 Å². The average Bonchev–Trinajstić information content (AvgIpc) is 3.11. The zero-order valence-electron chi connectivity index (χ0n) is 24.1. The molecule has 0 atom stereocenters. The number of amides is 2. The second-order valence-electron chi connectivity index (χ2n) is 11.2. The number of nitrogens with zero attached hydrogens (tertiary/aromatic N) is 3. The maximum atomic E-state index is 13.7. The van der Waals surface area contributed by atoms with Crippen LogP contribution in [0.3, 0.4) is 0 Å². The predicted octanol–water partition coefficient (Wildman–Crippen LogP) is 6.67. The molecule has 3 aromatic rings. The molecule has 0 fully saturated rings. The van der Waals surface area contributed by atoms with E-state index in [2.05, 4.69) is 4.98 Å². The van der Waals surface area contributed by atoms with Crippen LogP contribution in [0.25, 0.3) is 11.7 Å². The number of imidazole rings is 1. The van der Waals surface area contributed by atoms with Gasteiger partial charge in [-0.15, -0.1) is 0 Å². The summed E-state index contributed by atoms with van der Waals surface area (Å²) in [7, 11) is 1.28. The van der Waals surface area contributed by atoms with E-state index < -0.39 is 29.4 Å². The van der Waals surface area contributed by atoms with Gasteiger partial charge in [0.15, 0.2) is 5.65 Å². The van der Waals surface area contributed by atoms with Crippen LogP contribution in [0.15, 0.2) is 42.6 Å². The van der Waals surface area contributed by atoms with Crippen LogP contribution in [-0.2, 0) is 20.6 Å². The summed E-state index contributed by atoms with van der Waals surface area (Å²) in [5.41, 5.74) is 1.45. The van der Waals surface area contributed by atoms with Gasteiger partial charge in [0, 0.05) is 17.5 Å². The van der Waals surface area contributed by atoms with Crippen molar-refractivity contribution in [2.75, 3.05) is 12.0 Å². The molecule has 0 aliphatic heterocycles. The molecule has 0 unspecified atom stereocenters. The molecule has 0 aliphatic rings. The monoisotopic (exact) mass is 535 g/mol. The first-order valence-corrected chi connectivity index (χ1v) is 12.7. The van der Waals surface area contributed by atoms with Crippen molar-refractivity contribution in [3.8, 4) is 0 Å². The number of anilines is 1. The molecule has 3 rings (SSSR count). The molecule has 0 saturated carbocycles. The first-order valence-electron chi connectivity index (χ1n) is 12.7. The molecule has 0 spiro atoms. The Morgan fingerprint density at radius 3 is 2.03 bits per heavy atom. The van der Waals surface area contributed by atoms with Crippen LogP contribution in [0.2, 0.25) is 0 Å². The van der Waals surface area contributed by atoms with Crippen molar-refractivity contribution >= 4 is 35.6 Å². The number of fused-ring (bicyclic) bond motifs is 1. The van der Waals surface area contributed by atoms with Crippen LogP contribution in [0.1, 0.15) is 74.4 Å². The molecule has 2 amide bonds. The third kappa shape index (κ3) is 7.04. The minimum absolute atomic E-state index is 0.0929. The molecule has 0 N–H and O–H groups in total. The first kappa shape index (κ1) is 29.4. The largest absolute Gasteiger partial charge is 0.465 e. The number of esters is 1. The highest BCUT2D eigenvalue weighted by atomic mass is 16.6. The number of ether oxygens (including phenoxy) is 3. The van der Waals surface area contributed by atoms with E-state index in [9.17, 15) is 14.4 Å². The molecule has 39 heavy (non-hydrogen) atoms. The Balaban J connectivity index is 2.37. The third-order valence-corrected chi connectivity index (χ3v) is 5.68. The lowest BCUT2D eigenvalue weighted by Gasteiger charge is -2.30. The Bertz CT molecular complexity index is 1380. The van der Waals surface area contributed by atoms with Crippen molar-refractivity contribution in [3.63, 3.8) is 0 Å². The topological polar surface area (TPSA) is 99.4 Å². The summed E-state index contributed by atoms with van der Waals surface area (Å²) in [5.74, 6) is -0.625. The van der Waals surface area contributed by atoms with Crippen LogP contribution in [-0.4, -0.2) is 45.9 Å².